The van der Waals surface area contributed by atoms with Gasteiger partial charge in [-0.3, -0.25) is 4.79 Å². The first-order valence-corrected chi connectivity index (χ1v) is 14.4. The minimum Gasteiger partial charge on any atom is -0.452 e. The highest BCUT2D eigenvalue weighted by atomic mass is 35.5. The lowest BCUT2D eigenvalue weighted by atomic mass is 9.69. The van der Waals surface area contributed by atoms with E-state index in [1.54, 1.807) is 18.2 Å². The molecule has 0 saturated carbocycles. The zero-order valence-electron chi connectivity index (χ0n) is 22.9. The number of carbonyl (C=O) groups excluding carboxylic acids is 2. The monoisotopic (exact) mass is 606 g/mol. The molecular formula is C33H29Cl3N2O3. The SMILES string of the molecule is CC(C)(C)C1C/C(=C/c2ccc(Cl)cc2)c2nc3ccccc3c(C(=O)OCC(=O)Nc3cc(Cl)cc(Cl)c3)c2C1. The molecule has 1 aliphatic carbocycles. The first kappa shape index (κ1) is 29.1. The summed E-state index contributed by atoms with van der Waals surface area (Å²) in [5.41, 5.74) is 5.19. The van der Waals surface area contributed by atoms with Crippen LogP contribution in [-0.2, 0) is 16.0 Å². The first-order valence-electron chi connectivity index (χ1n) is 13.3. The number of para-hydroxylation sites is 1. The first-order chi connectivity index (χ1) is 19.5. The maximum absolute atomic E-state index is 13.7. The average molecular weight is 608 g/mol. The Morgan fingerprint density at radius 2 is 1.63 bits per heavy atom. The number of benzene rings is 3. The van der Waals surface area contributed by atoms with Gasteiger partial charge in [-0.15, -0.1) is 0 Å². The van der Waals surface area contributed by atoms with Crippen LogP contribution in [0.4, 0.5) is 5.69 Å². The summed E-state index contributed by atoms with van der Waals surface area (Å²) in [5.74, 6) is -0.821. The number of pyridine rings is 1. The van der Waals surface area contributed by atoms with E-state index in [0.29, 0.717) is 43.6 Å². The van der Waals surface area contributed by atoms with Crippen LogP contribution < -0.4 is 5.32 Å². The van der Waals surface area contributed by atoms with E-state index in [0.717, 1.165) is 28.8 Å². The number of aromatic nitrogens is 1. The number of ether oxygens (including phenoxy) is 1. The second kappa shape index (κ2) is 11.8. The van der Waals surface area contributed by atoms with E-state index >= 15 is 0 Å². The molecule has 0 fully saturated rings. The number of halogens is 3. The van der Waals surface area contributed by atoms with Gasteiger partial charge >= 0.3 is 5.97 Å². The van der Waals surface area contributed by atoms with Crippen LogP contribution >= 0.6 is 34.8 Å². The lowest BCUT2D eigenvalue weighted by Gasteiger charge is -2.36. The topological polar surface area (TPSA) is 68.3 Å². The van der Waals surface area contributed by atoms with E-state index in [2.05, 4.69) is 32.2 Å². The van der Waals surface area contributed by atoms with Gasteiger partial charge in [-0.05, 0) is 83.3 Å². The van der Waals surface area contributed by atoms with Gasteiger partial charge in [-0.1, -0.05) is 85.9 Å². The number of nitrogens with one attached hydrogen (secondary N) is 1. The molecule has 0 spiro atoms. The number of carbonyl (C=O) groups is 2. The van der Waals surface area contributed by atoms with E-state index in [1.807, 2.05) is 48.5 Å². The van der Waals surface area contributed by atoms with Gasteiger partial charge < -0.3 is 10.1 Å². The van der Waals surface area contributed by atoms with E-state index < -0.39 is 18.5 Å². The number of amides is 1. The molecule has 1 aromatic heterocycles. The second-order valence-electron chi connectivity index (χ2n) is 11.3. The average Bonchev–Trinajstić information content (AvgIpc) is 2.90. The summed E-state index contributed by atoms with van der Waals surface area (Å²) in [6, 6.07) is 19.9. The van der Waals surface area contributed by atoms with Crippen molar-refractivity contribution in [3.63, 3.8) is 0 Å². The van der Waals surface area contributed by atoms with Crippen LogP contribution in [0, 0.1) is 11.3 Å². The highest BCUT2D eigenvalue weighted by Gasteiger charge is 2.35. The molecule has 1 amide bonds. The molecule has 0 radical (unpaired) electrons. The van der Waals surface area contributed by atoms with Crippen molar-refractivity contribution in [3.05, 3.63) is 104 Å². The number of nitrogens with zero attached hydrogens (tertiary/aromatic N) is 1. The summed E-state index contributed by atoms with van der Waals surface area (Å²) in [4.78, 5) is 31.5. The smallest absolute Gasteiger partial charge is 0.339 e. The predicted octanol–water partition coefficient (Wildman–Crippen LogP) is 9.14. The molecule has 210 valence electrons. The third-order valence-corrected chi connectivity index (χ3v) is 8.02. The van der Waals surface area contributed by atoms with Crippen molar-refractivity contribution in [2.24, 2.45) is 11.3 Å². The Morgan fingerprint density at radius 1 is 0.951 bits per heavy atom. The van der Waals surface area contributed by atoms with E-state index in [4.69, 9.17) is 44.5 Å². The Kier molecular flexibility index (Phi) is 8.42. The Bertz CT molecular complexity index is 1650. The summed E-state index contributed by atoms with van der Waals surface area (Å²) < 4.78 is 5.61. The molecule has 0 aliphatic heterocycles. The molecule has 5 nitrogen and oxygen atoms in total. The third kappa shape index (κ3) is 6.75. The standard InChI is InChI=1S/C33H29Cl3N2O3/c1-33(2,3)21-13-20(12-19-8-10-22(34)11-9-19)31-27(14-21)30(26-6-4-5-7-28(26)38-31)32(40)41-18-29(39)37-25-16-23(35)15-24(36)17-25/h4-12,15-17,21H,13-14,18H2,1-3H3,(H,37,39)/b20-12-. The normalized spacial score (nSPS) is 16.0. The third-order valence-electron chi connectivity index (χ3n) is 7.33. The molecule has 8 heteroatoms. The molecule has 4 aromatic rings. The van der Waals surface area contributed by atoms with Gasteiger partial charge in [0.1, 0.15) is 0 Å². The lowest BCUT2D eigenvalue weighted by Crippen LogP contribution is -2.29. The number of anilines is 1. The summed E-state index contributed by atoms with van der Waals surface area (Å²) in [6.45, 7) is 6.16. The number of rotatable bonds is 5. The maximum Gasteiger partial charge on any atom is 0.339 e. The zero-order chi connectivity index (χ0) is 29.3. The number of fused-ring (bicyclic) bond motifs is 2. The number of esters is 1. The van der Waals surface area contributed by atoms with Crippen molar-refractivity contribution < 1.29 is 14.3 Å². The fourth-order valence-electron chi connectivity index (χ4n) is 5.16. The van der Waals surface area contributed by atoms with Gasteiger partial charge in [-0.2, -0.15) is 0 Å². The van der Waals surface area contributed by atoms with Crippen molar-refractivity contribution in [2.45, 2.75) is 33.6 Å². The molecule has 1 unspecified atom stereocenters. The minimum atomic E-state index is -0.570. The van der Waals surface area contributed by atoms with Crippen LogP contribution in [0.5, 0.6) is 0 Å². The molecule has 1 aliphatic rings. The zero-order valence-corrected chi connectivity index (χ0v) is 25.2. The highest BCUT2D eigenvalue weighted by Crippen LogP contribution is 2.45. The van der Waals surface area contributed by atoms with Crippen molar-refractivity contribution >= 4 is 74.9 Å². The van der Waals surface area contributed by atoms with Crippen molar-refractivity contribution in [2.75, 3.05) is 11.9 Å². The van der Waals surface area contributed by atoms with Crippen molar-refractivity contribution in [1.29, 1.82) is 0 Å². The Morgan fingerprint density at radius 3 is 2.32 bits per heavy atom. The van der Waals surface area contributed by atoms with E-state index in [-0.39, 0.29) is 11.3 Å². The quantitative estimate of drug-likeness (QED) is 0.230. The van der Waals surface area contributed by atoms with Gasteiger partial charge in [0.25, 0.3) is 5.91 Å². The maximum atomic E-state index is 13.7. The molecular weight excluding hydrogens is 579 g/mol. The summed E-state index contributed by atoms with van der Waals surface area (Å²) in [5, 5.41) is 4.81. The molecule has 1 atom stereocenters. The summed E-state index contributed by atoms with van der Waals surface area (Å²) in [7, 11) is 0. The number of allylic oxidation sites excluding steroid dienone is 1. The minimum absolute atomic E-state index is 0.0261. The van der Waals surface area contributed by atoms with Crippen LogP contribution in [0.15, 0.2) is 66.7 Å². The number of hydrogen-bond acceptors (Lipinski definition) is 4. The molecule has 3 aromatic carbocycles. The molecule has 41 heavy (non-hydrogen) atoms. The Hall–Kier alpha value is -3.38. The highest BCUT2D eigenvalue weighted by molar-refractivity contribution is 6.35. The molecule has 0 bridgehead atoms. The van der Waals surface area contributed by atoms with Crippen molar-refractivity contribution in [3.8, 4) is 0 Å². The van der Waals surface area contributed by atoms with Gasteiger partial charge in [0.05, 0.1) is 16.8 Å². The second-order valence-corrected chi connectivity index (χ2v) is 12.6. The summed E-state index contributed by atoms with van der Waals surface area (Å²) in [6.07, 6.45) is 3.59. The van der Waals surface area contributed by atoms with Gasteiger partial charge in [0.15, 0.2) is 6.61 Å². The van der Waals surface area contributed by atoms with Crippen LogP contribution in [0.2, 0.25) is 15.1 Å². The molecule has 1 heterocycles. The van der Waals surface area contributed by atoms with Gasteiger partial charge in [0, 0.05) is 26.1 Å². The van der Waals surface area contributed by atoms with Crippen LogP contribution in [0.1, 0.15) is 54.4 Å². The predicted molar refractivity (Wildman–Crippen MR) is 168 cm³/mol. The molecule has 0 saturated heterocycles. The Balaban J connectivity index is 1.53. The van der Waals surface area contributed by atoms with E-state index in [1.165, 1.54) is 0 Å². The van der Waals surface area contributed by atoms with Crippen LogP contribution in [0.25, 0.3) is 22.6 Å². The largest absolute Gasteiger partial charge is 0.452 e. The van der Waals surface area contributed by atoms with Crippen LogP contribution in [-0.4, -0.2) is 23.5 Å². The molecule has 1 N–H and O–H groups in total. The van der Waals surface area contributed by atoms with Gasteiger partial charge in [-0.25, -0.2) is 9.78 Å². The fourth-order valence-corrected chi connectivity index (χ4v) is 5.81. The van der Waals surface area contributed by atoms with Crippen molar-refractivity contribution in [1.82, 2.24) is 4.98 Å². The lowest BCUT2D eigenvalue weighted by molar-refractivity contribution is -0.119. The fraction of sp³-hybridized carbons (Fsp3) is 0.242. The number of hydrogen-bond donors (Lipinski definition) is 1. The van der Waals surface area contributed by atoms with E-state index in [9.17, 15) is 9.59 Å². The van der Waals surface area contributed by atoms with Crippen LogP contribution in [0.3, 0.4) is 0 Å². The summed E-state index contributed by atoms with van der Waals surface area (Å²) >= 11 is 18.2. The Labute approximate surface area is 254 Å². The molecule has 5 rings (SSSR count). The van der Waals surface area contributed by atoms with Gasteiger partial charge in [0.2, 0.25) is 0 Å².